The number of esters is 1. The number of anilines is 1. The highest BCUT2D eigenvalue weighted by molar-refractivity contribution is 9.09. The molecule has 8 nitrogen and oxygen atoms in total. The molecular weight excluding hydrogens is 564 g/mol. The van der Waals surface area contributed by atoms with E-state index in [0.717, 1.165) is 10.8 Å². The maximum Gasteiger partial charge on any atom is 0.312 e. The van der Waals surface area contributed by atoms with Gasteiger partial charge in [-0.25, -0.2) is 0 Å². The van der Waals surface area contributed by atoms with Gasteiger partial charge in [-0.05, 0) is 35.7 Å². The Morgan fingerprint density at radius 3 is 2.67 bits per heavy atom. The summed E-state index contributed by atoms with van der Waals surface area (Å²) in [5, 5.41) is 12.3. The summed E-state index contributed by atoms with van der Waals surface area (Å²) in [5.74, 6) is -3.03. The monoisotopic (exact) mass is 596 g/mol. The van der Waals surface area contributed by atoms with E-state index in [9.17, 15) is 19.5 Å². The molecule has 0 saturated carbocycles. The molecule has 39 heavy (non-hydrogen) atoms. The molecule has 2 aromatic rings. The second kappa shape index (κ2) is 10.9. The molecule has 3 saturated heterocycles. The zero-order valence-electron chi connectivity index (χ0n) is 21.9. The van der Waals surface area contributed by atoms with Gasteiger partial charge < -0.3 is 24.4 Å². The van der Waals surface area contributed by atoms with Gasteiger partial charge in [-0.2, -0.15) is 0 Å². The Labute approximate surface area is 236 Å². The highest BCUT2D eigenvalue weighted by Gasteiger charge is 2.77. The third-order valence-corrected chi connectivity index (χ3v) is 9.12. The number of aliphatic hydroxyl groups excluding tert-OH is 1. The summed E-state index contributed by atoms with van der Waals surface area (Å²) in [6.07, 6.45) is 3.30. The van der Waals surface area contributed by atoms with E-state index in [0.29, 0.717) is 18.5 Å². The molecule has 5 rings (SSSR count). The van der Waals surface area contributed by atoms with Gasteiger partial charge in [0.15, 0.2) is 0 Å². The minimum absolute atomic E-state index is 0.0122. The van der Waals surface area contributed by atoms with E-state index in [4.69, 9.17) is 9.47 Å². The highest BCUT2D eigenvalue weighted by atomic mass is 79.9. The number of amides is 2. The number of hydrogen-bond acceptors (Lipinski definition) is 6. The van der Waals surface area contributed by atoms with Gasteiger partial charge in [-0.3, -0.25) is 14.4 Å². The number of nitrogens with zero attached hydrogens (tertiary/aromatic N) is 2. The number of likely N-dealkylation sites (tertiary alicyclic amines) is 1. The number of fused-ring (bicyclic) bond motifs is 2. The van der Waals surface area contributed by atoms with Crippen LogP contribution in [0.4, 0.5) is 5.69 Å². The third kappa shape index (κ3) is 4.31. The van der Waals surface area contributed by atoms with E-state index in [1.54, 1.807) is 11.0 Å². The maximum absolute atomic E-state index is 14.6. The molecule has 3 aliphatic heterocycles. The Balaban J connectivity index is 1.61. The first-order valence-corrected chi connectivity index (χ1v) is 14.2. The zero-order chi connectivity index (χ0) is 27.9. The fourth-order valence-corrected chi connectivity index (χ4v) is 7.55. The first-order chi connectivity index (χ1) is 18.8. The molecule has 2 aromatic carbocycles. The van der Waals surface area contributed by atoms with Crippen molar-refractivity contribution in [1.82, 2.24) is 4.90 Å². The fourth-order valence-electron chi connectivity index (χ4n) is 6.60. The Bertz CT molecular complexity index is 1310. The van der Waals surface area contributed by atoms with E-state index >= 15 is 0 Å². The Morgan fingerprint density at radius 2 is 2.00 bits per heavy atom. The summed E-state index contributed by atoms with van der Waals surface area (Å²) >= 11 is 3.66. The van der Waals surface area contributed by atoms with Crippen LogP contribution >= 0.6 is 15.9 Å². The van der Waals surface area contributed by atoms with Gasteiger partial charge in [-0.1, -0.05) is 71.9 Å². The van der Waals surface area contributed by atoms with Crippen molar-refractivity contribution >= 4 is 50.2 Å². The van der Waals surface area contributed by atoms with Crippen molar-refractivity contribution < 1.29 is 29.0 Å². The summed E-state index contributed by atoms with van der Waals surface area (Å²) in [6.45, 7) is 9.22. The van der Waals surface area contributed by atoms with Crippen LogP contribution in [0.15, 0.2) is 67.8 Å². The molecule has 1 spiro atoms. The van der Waals surface area contributed by atoms with Crippen LogP contribution in [0.25, 0.3) is 10.8 Å². The number of benzene rings is 2. The van der Waals surface area contributed by atoms with Crippen molar-refractivity contribution in [2.45, 2.75) is 48.4 Å². The number of alkyl halides is 1. The molecule has 206 valence electrons. The van der Waals surface area contributed by atoms with Gasteiger partial charge in [0.1, 0.15) is 18.2 Å². The van der Waals surface area contributed by atoms with Gasteiger partial charge in [0.25, 0.3) is 5.91 Å². The topological polar surface area (TPSA) is 96.4 Å². The van der Waals surface area contributed by atoms with Crippen LogP contribution in [0.1, 0.15) is 19.8 Å². The number of rotatable bonds is 10. The third-order valence-electron chi connectivity index (χ3n) is 8.27. The van der Waals surface area contributed by atoms with E-state index < -0.39 is 41.6 Å². The molecule has 0 aliphatic carbocycles. The second-order valence-electron chi connectivity index (χ2n) is 10.3. The zero-order valence-corrected chi connectivity index (χ0v) is 23.5. The molecule has 1 N–H and O–H groups in total. The Hall–Kier alpha value is -3.01. The summed E-state index contributed by atoms with van der Waals surface area (Å²) < 4.78 is 11.9. The molecule has 2 bridgehead atoms. The fraction of sp³-hybridized carbons (Fsp3) is 0.433. The molecular formula is C30H33BrN2O6. The lowest BCUT2D eigenvalue weighted by Gasteiger charge is -2.39. The number of hydrogen-bond donors (Lipinski definition) is 1. The molecule has 3 aliphatic rings. The van der Waals surface area contributed by atoms with Gasteiger partial charge in [0.2, 0.25) is 5.91 Å². The van der Waals surface area contributed by atoms with Crippen LogP contribution in [-0.2, 0) is 23.9 Å². The predicted molar refractivity (Wildman–Crippen MR) is 151 cm³/mol. The van der Waals surface area contributed by atoms with Gasteiger partial charge in [0, 0.05) is 17.1 Å². The lowest BCUT2D eigenvalue weighted by molar-refractivity contribution is -0.154. The van der Waals surface area contributed by atoms with E-state index in [1.165, 1.54) is 11.0 Å². The SMILES string of the molecule is C=CCOC(=O)[C@H]1[C@@H]2OC3(CC2Br)C(C(=O)N(CC=C)c2ccc4ccccc4c2)N([C@@H](CC)CO)C(=O)[C@H]13. The molecule has 9 heteroatoms. The molecule has 3 unspecified atom stereocenters. The minimum atomic E-state index is -1.25. The Morgan fingerprint density at radius 1 is 1.26 bits per heavy atom. The van der Waals surface area contributed by atoms with Crippen LogP contribution in [0.5, 0.6) is 0 Å². The average molecular weight is 598 g/mol. The molecule has 3 fully saturated rings. The Kier molecular flexibility index (Phi) is 7.68. The van der Waals surface area contributed by atoms with E-state index in [2.05, 4.69) is 29.1 Å². The van der Waals surface area contributed by atoms with Crippen molar-refractivity contribution in [3.05, 3.63) is 67.8 Å². The lowest BCUT2D eigenvalue weighted by atomic mass is 9.70. The first-order valence-electron chi connectivity index (χ1n) is 13.3. The van der Waals surface area contributed by atoms with Crippen molar-refractivity contribution in [3.63, 3.8) is 0 Å². The number of ether oxygens (including phenoxy) is 2. The second-order valence-corrected chi connectivity index (χ2v) is 11.5. The normalized spacial score (nSPS) is 29.8. The molecule has 0 radical (unpaired) electrons. The average Bonchev–Trinajstić information content (AvgIpc) is 3.54. The molecule has 7 atom stereocenters. The van der Waals surface area contributed by atoms with E-state index in [1.807, 2.05) is 49.4 Å². The summed E-state index contributed by atoms with van der Waals surface area (Å²) in [5.41, 5.74) is -0.586. The quantitative estimate of drug-likeness (QED) is 0.256. The molecule has 0 aromatic heterocycles. The van der Waals surface area contributed by atoms with Crippen LogP contribution in [0.2, 0.25) is 0 Å². The molecule has 3 heterocycles. The van der Waals surface area contributed by atoms with Crippen molar-refractivity contribution in [2.75, 3.05) is 24.7 Å². The lowest BCUT2D eigenvalue weighted by Crippen LogP contribution is -2.59. The number of carbonyl (C=O) groups excluding carboxylic acids is 3. The number of halogens is 1. The van der Waals surface area contributed by atoms with Gasteiger partial charge >= 0.3 is 5.97 Å². The van der Waals surface area contributed by atoms with Crippen molar-refractivity contribution in [1.29, 1.82) is 0 Å². The van der Waals surface area contributed by atoms with Crippen LogP contribution in [0.3, 0.4) is 0 Å². The number of aliphatic hydroxyl groups is 1. The van der Waals surface area contributed by atoms with Gasteiger partial charge in [0.05, 0.1) is 30.6 Å². The van der Waals surface area contributed by atoms with Gasteiger partial charge in [-0.15, -0.1) is 6.58 Å². The largest absolute Gasteiger partial charge is 0.461 e. The van der Waals surface area contributed by atoms with Crippen LogP contribution in [0, 0.1) is 11.8 Å². The minimum Gasteiger partial charge on any atom is -0.461 e. The summed E-state index contributed by atoms with van der Waals surface area (Å²) in [7, 11) is 0. The smallest absolute Gasteiger partial charge is 0.312 e. The first kappa shape index (κ1) is 27.6. The summed E-state index contributed by atoms with van der Waals surface area (Å²) in [6, 6.07) is 12.0. The number of carbonyl (C=O) groups is 3. The molecule has 2 amide bonds. The van der Waals surface area contributed by atoms with E-state index in [-0.39, 0.29) is 36.4 Å². The highest BCUT2D eigenvalue weighted by Crippen LogP contribution is 2.60. The maximum atomic E-state index is 14.6. The predicted octanol–water partition coefficient (Wildman–Crippen LogP) is 3.61. The standard InChI is InChI=1S/C30H33BrN2O6/c1-4-13-32(21-12-11-18-9-7-8-10-19(18)15-21)28(36)26-30-16-22(31)25(39-30)23(29(37)38-14-5-2)24(30)27(35)33(26)20(6-3)17-34/h4-5,7-12,15,20,22-26,34H,1-2,6,13-14,16-17H2,3H3/t20-,22?,23+,24-,25+,26?,30?/m0/s1. The van der Waals surface area contributed by atoms with Crippen molar-refractivity contribution in [3.8, 4) is 0 Å². The van der Waals surface area contributed by atoms with Crippen LogP contribution in [-0.4, -0.2) is 76.2 Å². The summed E-state index contributed by atoms with van der Waals surface area (Å²) in [4.78, 5) is 44.8. The van der Waals surface area contributed by atoms with Crippen molar-refractivity contribution in [2.24, 2.45) is 11.8 Å². The van der Waals surface area contributed by atoms with Crippen LogP contribution < -0.4 is 4.90 Å².